The van der Waals surface area contributed by atoms with Gasteiger partial charge in [0.15, 0.2) is 6.10 Å². The fraction of sp³-hybridized carbons (Fsp3) is 0.350. The highest BCUT2D eigenvalue weighted by Gasteiger charge is 2.15. The third kappa shape index (κ3) is 5.40. The lowest BCUT2D eigenvalue weighted by Gasteiger charge is -2.17. The number of amides is 1. The number of hydrogen-bond donors (Lipinski definition) is 1. The summed E-state index contributed by atoms with van der Waals surface area (Å²) >= 11 is 6.05. The van der Waals surface area contributed by atoms with Crippen LogP contribution in [-0.2, 0) is 4.79 Å². The van der Waals surface area contributed by atoms with Gasteiger partial charge >= 0.3 is 0 Å². The lowest BCUT2D eigenvalue weighted by molar-refractivity contribution is -0.127. The molecule has 5 heteroatoms. The first-order valence-electron chi connectivity index (χ1n) is 8.28. The third-order valence-corrected chi connectivity index (χ3v) is 4.45. The van der Waals surface area contributed by atoms with Crippen LogP contribution in [0.5, 0.6) is 11.5 Å². The molecule has 1 amide bonds. The highest BCUT2D eigenvalue weighted by Crippen LogP contribution is 2.22. The molecule has 0 spiro atoms. The van der Waals surface area contributed by atoms with E-state index in [1.807, 2.05) is 51.1 Å². The summed E-state index contributed by atoms with van der Waals surface area (Å²) in [5.41, 5.74) is 3.18. The number of carbonyl (C=O) groups excluding carboxylic acids is 1. The van der Waals surface area contributed by atoms with E-state index in [1.54, 1.807) is 13.0 Å². The van der Waals surface area contributed by atoms with E-state index in [4.69, 9.17) is 21.1 Å². The Kier molecular flexibility index (Phi) is 6.71. The van der Waals surface area contributed by atoms with E-state index in [0.717, 1.165) is 22.4 Å². The highest BCUT2D eigenvalue weighted by atomic mass is 35.5. The molecule has 0 saturated carbocycles. The Morgan fingerprint density at radius 1 is 1.16 bits per heavy atom. The van der Waals surface area contributed by atoms with Gasteiger partial charge in [-0.1, -0.05) is 29.8 Å². The zero-order chi connectivity index (χ0) is 18.4. The molecule has 0 aromatic heterocycles. The third-order valence-electron chi connectivity index (χ3n) is 4.04. The van der Waals surface area contributed by atoms with Crippen LogP contribution in [0.2, 0.25) is 5.02 Å². The summed E-state index contributed by atoms with van der Waals surface area (Å²) in [7, 11) is 0. The highest BCUT2D eigenvalue weighted by molar-refractivity contribution is 6.31. The first-order chi connectivity index (χ1) is 11.9. The molecule has 0 heterocycles. The lowest BCUT2D eigenvalue weighted by atomic mass is 10.1. The Hall–Kier alpha value is -2.20. The summed E-state index contributed by atoms with van der Waals surface area (Å²) in [4.78, 5) is 12.1. The van der Waals surface area contributed by atoms with Crippen LogP contribution in [0.1, 0.15) is 23.6 Å². The van der Waals surface area contributed by atoms with Crippen LogP contribution in [0.15, 0.2) is 36.4 Å². The molecular formula is C20H24ClNO3. The number of ether oxygens (including phenoxy) is 2. The fourth-order valence-corrected chi connectivity index (χ4v) is 2.42. The van der Waals surface area contributed by atoms with Crippen LogP contribution in [0.25, 0.3) is 0 Å². The van der Waals surface area contributed by atoms with Crippen LogP contribution in [0.3, 0.4) is 0 Å². The summed E-state index contributed by atoms with van der Waals surface area (Å²) in [6.45, 7) is 8.42. The first kappa shape index (κ1) is 19.1. The van der Waals surface area contributed by atoms with Crippen molar-refractivity contribution in [2.75, 3.05) is 13.2 Å². The molecule has 0 unspecified atom stereocenters. The van der Waals surface area contributed by atoms with E-state index in [1.165, 1.54) is 0 Å². The van der Waals surface area contributed by atoms with Gasteiger partial charge in [0.1, 0.15) is 18.1 Å². The monoisotopic (exact) mass is 361 g/mol. The molecule has 2 aromatic carbocycles. The van der Waals surface area contributed by atoms with Gasteiger partial charge in [0.05, 0.1) is 6.54 Å². The van der Waals surface area contributed by atoms with Gasteiger partial charge < -0.3 is 14.8 Å². The number of carbonyl (C=O) groups is 1. The topological polar surface area (TPSA) is 47.6 Å². The molecule has 0 aliphatic rings. The molecule has 2 aromatic rings. The normalized spacial score (nSPS) is 11.7. The van der Waals surface area contributed by atoms with Crippen LogP contribution in [0.4, 0.5) is 0 Å². The molecule has 0 saturated heterocycles. The van der Waals surface area contributed by atoms with Gasteiger partial charge in [0, 0.05) is 5.02 Å². The van der Waals surface area contributed by atoms with E-state index in [9.17, 15) is 4.79 Å². The zero-order valence-corrected chi connectivity index (χ0v) is 15.8. The second kappa shape index (κ2) is 8.77. The molecule has 0 fully saturated rings. The average Bonchev–Trinajstić information content (AvgIpc) is 2.58. The molecular weight excluding hydrogens is 338 g/mol. The average molecular weight is 362 g/mol. The van der Waals surface area contributed by atoms with Crippen molar-refractivity contribution in [1.29, 1.82) is 0 Å². The van der Waals surface area contributed by atoms with Crippen molar-refractivity contribution in [3.63, 3.8) is 0 Å². The van der Waals surface area contributed by atoms with Crippen molar-refractivity contribution in [3.05, 3.63) is 58.1 Å². The van der Waals surface area contributed by atoms with Crippen LogP contribution < -0.4 is 14.8 Å². The minimum atomic E-state index is -0.575. The molecule has 134 valence electrons. The summed E-state index contributed by atoms with van der Waals surface area (Å²) in [6, 6.07) is 11.3. The van der Waals surface area contributed by atoms with Crippen molar-refractivity contribution in [2.24, 2.45) is 0 Å². The van der Waals surface area contributed by atoms with Crippen LogP contribution in [-0.4, -0.2) is 25.2 Å². The lowest BCUT2D eigenvalue weighted by Crippen LogP contribution is -2.38. The second-order valence-electron chi connectivity index (χ2n) is 6.01. The maximum atomic E-state index is 12.1. The van der Waals surface area contributed by atoms with Crippen molar-refractivity contribution in [3.8, 4) is 11.5 Å². The molecule has 0 radical (unpaired) electrons. The van der Waals surface area contributed by atoms with E-state index in [2.05, 4.69) is 5.32 Å². The number of nitrogens with one attached hydrogen (secondary N) is 1. The quantitative estimate of drug-likeness (QED) is 0.751. The van der Waals surface area contributed by atoms with Gasteiger partial charge in [-0.25, -0.2) is 0 Å². The van der Waals surface area contributed by atoms with Gasteiger partial charge in [-0.05, 0) is 62.6 Å². The number of rotatable bonds is 7. The smallest absolute Gasteiger partial charge is 0.260 e. The Morgan fingerprint density at radius 2 is 1.92 bits per heavy atom. The van der Waals surface area contributed by atoms with Crippen molar-refractivity contribution < 1.29 is 14.3 Å². The standard InChI is InChI=1S/C20H24ClNO3/c1-13-6-5-7-19(15(13)3)25-16(4)20(23)22-10-11-24-17-9-8-14(2)18(21)12-17/h5-9,12,16H,10-11H2,1-4H3,(H,22,23)/t16-/m0/s1. The van der Waals surface area contributed by atoms with Crippen LogP contribution in [0, 0.1) is 20.8 Å². The van der Waals surface area contributed by atoms with Gasteiger partial charge in [-0.15, -0.1) is 0 Å². The Morgan fingerprint density at radius 3 is 2.64 bits per heavy atom. The van der Waals surface area contributed by atoms with Gasteiger partial charge in [0.25, 0.3) is 5.91 Å². The van der Waals surface area contributed by atoms with Gasteiger partial charge in [0.2, 0.25) is 0 Å². The van der Waals surface area contributed by atoms with Crippen molar-refractivity contribution in [1.82, 2.24) is 5.32 Å². The number of hydrogen-bond acceptors (Lipinski definition) is 3. The maximum Gasteiger partial charge on any atom is 0.260 e. The Bertz CT molecular complexity index is 746. The van der Waals surface area contributed by atoms with Crippen LogP contribution >= 0.6 is 11.6 Å². The van der Waals surface area contributed by atoms with E-state index < -0.39 is 6.10 Å². The largest absolute Gasteiger partial charge is 0.492 e. The summed E-state index contributed by atoms with van der Waals surface area (Å²) < 4.78 is 11.3. The first-order valence-corrected chi connectivity index (χ1v) is 8.66. The van der Waals surface area contributed by atoms with Gasteiger partial charge in [-0.2, -0.15) is 0 Å². The second-order valence-corrected chi connectivity index (χ2v) is 6.42. The summed E-state index contributed by atoms with van der Waals surface area (Å²) in [5.74, 6) is 1.24. The Labute approximate surface area is 154 Å². The summed E-state index contributed by atoms with van der Waals surface area (Å²) in [6.07, 6.45) is -0.575. The zero-order valence-electron chi connectivity index (χ0n) is 15.1. The predicted molar refractivity (Wildman–Crippen MR) is 101 cm³/mol. The SMILES string of the molecule is Cc1ccc(OCCNC(=O)[C@H](C)Oc2cccc(C)c2C)cc1Cl. The van der Waals surface area contributed by atoms with E-state index >= 15 is 0 Å². The predicted octanol–water partition coefficient (Wildman–Crippen LogP) is 4.23. The molecule has 1 atom stereocenters. The van der Waals surface area contributed by atoms with Crippen molar-refractivity contribution in [2.45, 2.75) is 33.8 Å². The number of benzene rings is 2. The maximum absolute atomic E-state index is 12.1. The minimum Gasteiger partial charge on any atom is -0.492 e. The van der Waals surface area contributed by atoms with E-state index in [0.29, 0.717) is 23.9 Å². The van der Waals surface area contributed by atoms with Gasteiger partial charge in [-0.3, -0.25) is 4.79 Å². The molecule has 0 bridgehead atoms. The van der Waals surface area contributed by atoms with E-state index in [-0.39, 0.29) is 5.91 Å². The molecule has 1 N–H and O–H groups in total. The molecule has 25 heavy (non-hydrogen) atoms. The molecule has 4 nitrogen and oxygen atoms in total. The molecule has 2 rings (SSSR count). The summed E-state index contributed by atoms with van der Waals surface area (Å²) in [5, 5.41) is 3.48. The number of aryl methyl sites for hydroxylation is 2. The Balaban J connectivity index is 1.77. The molecule has 0 aliphatic heterocycles. The fourth-order valence-electron chi connectivity index (χ4n) is 2.25. The number of halogens is 1. The minimum absolute atomic E-state index is 0.175. The molecule has 0 aliphatic carbocycles. The van der Waals surface area contributed by atoms with Crippen molar-refractivity contribution >= 4 is 17.5 Å².